The lowest BCUT2D eigenvalue weighted by Gasteiger charge is -2.24. The molecule has 1 aromatic carbocycles. The second kappa shape index (κ2) is 17.8. The molecule has 12 heteroatoms. The van der Waals surface area contributed by atoms with Crippen LogP contribution in [-0.2, 0) is 19.1 Å². The molecule has 3 fully saturated rings. The van der Waals surface area contributed by atoms with Crippen LogP contribution in [0.15, 0.2) is 23.0 Å². The van der Waals surface area contributed by atoms with E-state index in [0.717, 1.165) is 43.5 Å². The fourth-order valence-electron chi connectivity index (χ4n) is 5.96. The smallest absolute Gasteiger partial charge is 0.407 e. The second-order valence-electron chi connectivity index (χ2n) is 12.8. The summed E-state index contributed by atoms with van der Waals surface area (Å²) in [4.78, 5) is 48.6. The predicted octanol–water partition coefficient (Wildman–Crippen LogP) is 5.13. The van der Waals surface area contributed by atoms with E-state index in [1.165, 1.54) is 45.3 Å². The van der Waals surface area contributed by atoms with E-state index in [2.05, 4.69) is 20.4 Å². The van der Waals surface area contributed by atoms with Crippen LogP contribution in [0.3, 0.4) is 0 Å². The summed E-state index contributed by atoms with van der Waals surface area (Å²) >= 11 is 0. The van der Waals surface area contributed by atoms with Crippen molar-refractivity contribution >= 4 is 28.9 Å². The third-order valence-corrected chi connectivity index (χ3v) is 8.37. The Kier molecular flexibility index (Phi) is 14.2. The number of aromatic nitrogens is 1. The molecule has 2 saturated carbocycles. The Labute approximate surface area is 270 Å². The molecule has 1 aromatic heterocycles. The van der Waals surface area contributed by atoms with Gasteiger partial charge in [0.05, 0.1) is 33.0 Å². The van der Waals surface area contributed by atoms with Crippen LogP contribution in [0.25, 0.3) is 10.9 Å². The zero-order valence-corrected chi connectivity index (χ0v) is 27.9. The summed E-state index contributed by atoms with van der Waals surface area (Å²) in [6.45, 7) is 6.97. The van der Waals surface area contributed by atoms with E-state index in [1.54, 1.807) is 7.11 Å². The molecule has 3 aliphatic rings. The van der Waals surface area contributed by atoms with Crippen molar-refractivity contribution in [2.75, 3.05) is 40.5 Å². The van der Waals surface area contributed by atoms with E-state index < -0.39 is 18.6 Å². The summed E-state index contributed by atoms with van der Waals surface area (Å²) in [5, 5.41) is 14.4. The van der Waals surface area contributed by atoms with Gasteiger partial charge in [-0.05, 0) is 68.0 Å². The van der Waals surface area contributed by atoms with E-state index in [9.17, 15) is 19.2 Å². The number of amides is 1. The number of hydrogen-bond donors (Lipinski definition) is 4. The number of methoxy groups -OCH3 is 2. The maximum atomic E-state index is 12.6. The van der Waals surface area contributed by atoms with E-state index in [1.807, 2.05) is 32.9 Å². The second-order valence-corrected chi connectivity index (χ2v) is 12.8. The van der Waals surface area contributed by atoms with Gasteiger partial charge in [0.1, 0.15) is 18.3 Å². The quantitative estimate of drug-likeness (QED) is 0.241. The van der Waals surface area contributed by atoms with Crippen molar-refractivity contribution in [3.05, 3.63) is 34.0 Å². The molecule has 46 heavy (non-hydrogen) atoms. The molecule has 3 unspecified atom stereocenters. The van der Waals surface area contributed by atoms with Gasteiger partial charge in [-0.15, -0.1) is 0 Å². The van der Waals surface area contributed by atoms with Gasteiger partial charge >= 0.3 is 18.0 Å². The molecular weight excluding hydrogens is 594 g/mol. The first-order valence-corrected chi connectivity index (χ1v) is 16.3. The lowest BCUT2D eigenvalue weighted by atomic mass is 9.87. The average molecular weight is 646 g/mol. The number of aliphatic carboxylic acids is 1. The van der Waals surface area contributed by atoms with Gasteiger partial charge in [-0.2, -0.15) is 0 Å². The van der Waals surface area contributed by atoms with E-state index in [-0.39, 0.29) is 35.4 Å². The molecule has 5 rings (SSSR count). The Hall–Kier alpha value is -3.80. The van der Waals surface area contributed by atoms with Crippen molar-refractivity contribution < 1.29 is 38.4 Å². The molecular formula is C34H51N3O9. The summed E-state index contributed by atoms with van der Waals surface area (Å²) in [7, 11) is 3.03. The summed E-state index contributed by atoms with van der Waals surface area (Å²) < 4.78 is 20.8. The molecule has 12 nitrogen and oxygen atoms in total. The normalized spacial score (nSPS) is 20.0. The zero-order chi connectivity index (χ0) is 33.7. The Morgan fingerprint density at radius 3 is 2.30 bits per heavy atom. The number of carbonyl (C=O) groups excluding carboxylic acids is 2. The average Bonchev–Trinajstić information content (AvgIpc) is 3.44. The van der Waals surface area contributed by atoms with Gasteiger partial charge in [0.2, 0.25) is 0 Å². The largest absolute Gasteiger partial charge is 0.496 e. The van der Waals surface area contributed by atoms with Gasteiger partial charge in [-0.1, -0.05) is 46.0 Å². The number of rotatable bonds is 11. The van der Waals surface area contributed by atoms with Gasteiger partial charge in [0.25, 0.3) is 0 Å². The molecule has 2 aliphatic carbocycles. The van der Waals surface area contributed by atoms with Crippen molar-refractivity contribution in [2.24, 2.45) is 11.3 Å². The standard InChI is InChI=1S/C23H30N2O7.C6H11NO2.C5H10/c1-5-31-20-9-18(26)16-7-15(19(30-4)8-17(16)25-20)14-6-13(14)10-23(2,3)12-32-22(29)24-11-21(27)28;1-9-6(8)5-3-2-4-7-5;1-2-4-5-3-1/h7-9,13-14H,5-6,10-12H2,1-4H3,(H,24,29)(H,25,26)(H,27,28);5,7H,2-4H2,1H3;1-5H2. The number of H-pyrrole nitrogens is 1. The minimum atomic E-state index is -1.13. The number of benzene rings is 1. The van der Waals surface area contributed by atoms with Crippen LogP contribution in [0.2, 0.25) is 0 Å². The fourth-order valence-corrected chi connectivity index (χ4v) is 5.96. The third kappa shape index (κ3) is 11.5. The first-order chi connectivity index (χ1) is 22.0. The maximum absolute atomic E-state index is 12.6. The summed E-state index contributed by atoms with van der Waals surface area (Å²) in [6, 6.07) is 5.17. The molecule has 4 N–H and O–H groups in total. The number of esters is 1. The number of nitrogens with one attached hydrogen (secondary N) is 3. The van der Waals surface area contributed by atoms with Gasteiger partial charge < -0.3 is 39.7 Å². The Bertz CT molecular complexity index is 1360. The predicted molar refractivity (Wildman–Crippen MR) is 175 cm³/mol. The van der Waals surface area contributed by atoms with Crippen molar-refractivity contribution in [3.63, 3.8) is 0 Å². The van der Waals surface area contributed by atoms with Crippen LogP contribution in [0.1, 0.15) is 90.0 Å². The van der Waals surface area contributed by atoms with E-state index in [0.29, 0.717) is 29.3 Å². The first-order valence-electron chi connectivity index (χ1n) is 16.3. The molecule has 1 saturated heterocycles. The Morgan fingerprint density at radius 1 is 1.04 bits per heavy atom. The van der Waals surface area contributed by atoms with Crippen molar-refractivity contribution in [1.82, 2.24) is 15.6 Å². The molecule has 3 atom stereocenters. The fraction of sp³-hybridized carbons (Fsp3) is 0.647. The minimum Gasteiger partial charge on any atom is -0.496 e. The highest BCUT2D eigenvalue weighted by atomic mass is 16.5. The third-order valence-electron chi connectivity index (χ3n) is 8.37. The zero-order valence-electron chi connectivity index (χ0n) is 27.9. The Balaban J connectivity index is 0.000000335. The van der Waals surface area contributed by atoms with Crippen molar-refractivity contribution in [1.29, 1.82) is 0 Å². The molecule has 256 valence electrons. The Morgan fingerprint density at radius 2 is 1.74 bits per heavy atom. The molecule has 0 radical (unpaired) electrons. The monoisotopic (exact) mass is 645 g/mol. The van der Waals surface area contributed by atoms with Gasteiger partial charge in [-0.25, -0.2) is 4.79 Å². The molecule has 0 spiro atoms. The number of fused-ring (bicyclic) bond motifs is 1. The summed E-state index contributed by atoms with van der Waals surface area (Å²) in [5.41, 5.74) is 1.27. The van der Waals surface area contributed by atoms with Crippen LogP contribution in [0, 0.1) is 11.3 Å². The number of ether oxygens (including phenoxy) is 4. The van der Waals surface area contributed by atoms with Crippen molar-refractivity contribution in [3.8, 4) is 11.6 Å². The van der Waals surface area contributed by atoms with Crippen LogP contribution in [-0.4, -0.2) is 74.7 Å². The van der Waals surface area contributed by atoms with Gasteiger partial charge in [-0.3, -0.25) is 14.4 Å². The molecule has 0 bridgehead atoms. The van der Waals surface area contributed by atoms with E-state index >= 15 is 0 Å². The van der Waals surface area contributed by atoms with Crippen LogP contribution < -0.4 is 25.5 Å². The molecule has 2 heterocycles. The number of alkyl carbamates (subject to hydrolysis) is 1. The van der Waals surface area contributed by atoms with Crippen LogP contribution >= 0.6 is 0 Å². The van der Waals surface area contributed by atoms with Crippen LogP contribution in [0.4, 0.5) is 4.79 Å². The topological polar surface area (TPSA) is 165 Å². The SMILES string of the molecule is C1CCCC1.CCOc1cc(=O)c2cc(C3CC3CC(C)(C)COC(=O)NCC(=O)O)c(OC)cc2[nH]1.COC(=O)C1CCCN1. The van der Waals surface area contributed by atoms with Crippen LogP contribution in [0.5, 0.6) is 11.6 Å². The number of carbonyl (C=O) groups is 3. The lowest BCUT2D eigenvalue weighted by Crippen LogP contribution is -2.32. The minimum absolute atomic E-state index is 0.0324. The molecule has 1 aliphatic heterocycles. The van der Waals surface area contributed by atoms with Crippen molar-refractivity contribution in [2.45, 2.75) is 90.5 Å². The number of hydrogen-bond acceptors (Lipinski definition) is 9. The first kappa shape index (κ1) is 36.7. The molecule has 2 aromatic rings. The number of pyridine rings is 1. The summed E-state index contributed by atoms with van der Waals surface area (Å²) in [6.07, 6.45) is 10.5. The maximum Gasteiger partial charge on any atom is 0.407 e. The highest BCUT2D eigenvalue weighted by Crippen LogP contribution is 2.55. The lowest BCUT2D eigenvalue weighted by molar-refractivity contribution is -0.142. The van der Waals surface area contributed by atoms with Gasteiger partial charge in [0, 0.05) is 17.5 Å². The number of aromatic amines is 1. The molecule has 1 amide bonds. The van der Waals surface area contributed by atoms with Gasteiger partial charge in [0.15, 0.2) is 11.3 Å². The number of carboxylic acid groups (broad SMARTS) is 1. The highest BCUT2D eigenvalue weighted by Gasteiger charge is 2.43. The highest BCUT2D eigenvalue weighted by molar-refractivity contribution is 5.82. The van der Waals surface area contributed by atoms with E-state index in [4.69, 9.17) is 19.3 Å². The summed E-state index contributed by atoms with van der Waals surface area (Å²) in [5.74, 6) is 0.505. The number of carboxylic acids is 1.